The molecule has 96 valence electrons. The molecule has 0 aliphatic carbocycles. The summed E-state index contributed by atoms with van der Waals surface area (Å²) >= 11 is 2.18. The number of benzene rings is 1. The van der Waals surface area contributed by atoms with E-state index in [9.17, 15) is 4.79 Å². The molecule has 0 fully saturated rings. The van der Waals surface area contributed by atoms with E-state index in [1.807, 2.05) is 25.2 Å². The molecule has 0 heterocycles. The molecular weight excluding hydrogens is 354 g/mol. The van der Waals surface area contributed by atoms with Crippen LogP contribution >= 0.6 is 35.0 Å². The first-order chi connectivity index (χ1) is 7.67. The van der Waals surface area contributed by atoms with Crippen LogP contribution in [0.25, 0.3) is 0 Å². The molecule has 0 aliphatic rings. The third kappa shape index (κ3) is 5.56. The minimum Gasteiger partial charge on any atom is -0.497 e. The van der Waals surface area contributed by atoms with E-state index in [0.29, 0.717) is 13.0 Å². The minimum atomic E-state index is 0. The fraction of sp³-hybridized carbons (Fsp3) is 0.364. The van der Waals surface area contributed by atoms with Gasteiger partial charge in [0.25, 0.3) is 0 Å². The van der Waals surface area contributed by atoms with Crippen molar-refractivity contribution in [2.24, 2.45) is 0 Å². The second kappa shape index (κ2) is 8.54. The highest BCUT2D eigenvalue weighted by Gasteiger charge is 2.06. The van der Waals surface area contributed by atoms with Gasteiger partial charge in [-0.05, 0) is 41.8 Å². The second-order valence-corrected chi connectivity index (χ2v) is 4.41. The normalized spacial score (nSPS) is 9.35. The lowest BCUT2D eigenvalue weighted by molar-refractivity contribution is -0.116. The highest BCUT2D eigenvalue weighted by atomic mass is 127. The second-order valence-electron chi connectivity index (χ2n) is 3.25. The standard InChI is InChI=1S/C11H15IN2O2.ClH/c1-13-6-5-11(15)14-10-7-8(16-2)3-4-9(10)12;/h3-4,7,13H,5-6H2,1-2H3,(H,14,15);1H. The van der Waals surface area contributed by atoms with Crippen LogP contribution in [0, 0.1) is 3.57 Å². The van der Waals surface area contributed by atoms with Gasteiger partial charge in [0.15, 0.2) is 0 Å². The zero-order chi connectivity index (χ0) is 12.0. The highest BCUT2D eigenvalue weighted by molar-refractivity contribution is 14.1. The van der Waals surface area contributed by atoms with E-state index in [1.165, 1.54) is 0 Å². The van der Waals surface area contributed by atoms with Gasteiger partial charge in [0.2, 0.25) is 5.91 Å². The SMILES string of the molecule is CNCCC(=O)Nc1cc(OC)ccc1I.Cl. The third-order valence-corrected chi connectivity index (χ3v) is 2.99. The number of carbonyl (C=O) groups is 1. The highest BCUT2D eigenvalue weighted by Crippen LogP contribution is 2.23. The summed E-state index contributed by atoms with van der Waals surface area (Å²) in [5.41, 5.74) is 0.793. The Morgan fingerprint density at radius 3 is 2.76 bits per heavy atom. The number of ether oxygens (including phenoxy) is 1. The Balaban J connectivity index is 0.00000256. The van der Waals surface area contributed by atoms with Crippen LogP contribution in [0.4, 0.5) is 5.69 Å². The molecule has 4 nitrogen and oxygen atoms in total. The number of halogens is 2. The molecule has 0 spiro atoms. The molecule has 0 saturated carbocycles. The van der Waals surface area contributed by atoms with Crippen LogP contribution in [0.3, 0.4) is 0 Å². The van der Waals surface area contributed by atoms with Gasteiger partial charge in [0.1, 0.15) is 5.75 Å². The van der Waals surface area contributed by atoms with E-state index in [2.05, 4.69) is 33.2 Å². The summed E-state index contributed by atoms with van der Waals surface area (Å²) in [6.07, 6.45) is 0.462. The first-order valence-electron chi connectivity index (χ1n) is 4.95. The van der Waals surface area contributed by atoms with E-state index in [1.54, 1.807) is 7.11 Å². The lowest BCUT2D eigenvalue weighted by atomic mass is 10.3. The number of nitrogens with one attached hydrogen (secondary N) is 2. The zero-order valence-electron chi connectivity index (χ0n) is 9.75. The number of carbonyl (C=O) groups excluding carboxylic acids is 1. The van der Waals surface area contributed by atoms with Gasteiger partial charge in [-0.3, -0.25) is 4.79 Å². The van der Waals surface area contributed by atoms with Gasteiger partial charge < -0.3 is 15.4 Å². The molecule has 1 aromatic rings. The summed E-state index contributed by atoms with van der Waals surface area (Å²) in [4.78, 5) is 11.5. The molecule has 0 aliphatic heterocycles. The first-order valence-corrected chi connectivity index (χ1v) is 6.03. The largest absolute Gasteiger partial charge is 0.497 e. The van der Waals surface area contributed by atoms with Crippen LogP contribution in [-0.4, -0.2) is 26.6 Å². The number of methoxy groups -OCH3 is 1. The van der Waals surface area contributed by atoms with Gasteiger partial charge in [-0.1, -0.05) is 0 Å². The Morgan fingerprint density at radius 1 is 1.47 bits per heavy atom. The molecule has 6 heteroatoms. The molecule has 17 heavy (non-hydrogen) atoms. The molecule has 1 aromatic carbocycles. The van der Waals surface area contributed by atoms with Gasteiger partial charge in [-0.2, -0.15) is 0 Å². The van der Waals surface area contributed by atoms with Crippen molar-refractivity contribution >= 4 is 46.6 Å². The predicted octanol–water partition coefficient (Wildman–Crippen LogP) is 2.27. The van der Waals surface area contributed by atoms with Crippen LogP contribution in [0.5, 0.6) is 5.75 Å². The predicted molar refractivity (Wildman–Crippen MR) is 80.1 cm³/mol. The monoisotopic (exact) mass is 370 g/mol. The van der Waals surface area contributed by atoms with Crippen LogP contribution in [0.1, 0.15) is 6.42 Å². The maximum absolute atomic E-state index is 11.5. The number of rotatable bonds is 5. The van der Waals surface area contributed by atoms with Crippen molar-refractivity contribution in [2.45, 2.75) is 6.42 Å². The van der Waals surface area contributed by atoms with E-state index in [-0.39, 0.29) is 18.3 Å². The van der Waals surface area contributed by atoms with Crippen LogP contribution < -0.4 is 15.4 Å². The van der Waals surface area contributed by atoms with Crippen molar-refractivity contribution < 1.29 is 9.53 Å². The number of hydrogen-bond donors (Lipinski definition) is 2. The van der Waals surface area contributed by atoms with Crippen molar-refractivity contribution in [1.82, 2.24) is 5.32 Å². The molecule has 1 amide bonds. The average Bonchev–Trinajstić information content (AvgIpc) is 2.29. The van der Waals surface area contributed by atoms with Gasteiger partial charge in [-0.25, -0.2) is 0 Å². The molecule has 0 aromatic heterocycles. The van der Waals surface area contributed by atoms with Crippen molar-refractivity contribution in [1.29, 1.82) is 0 Å². The minimum absolute atomic E-state index is 0. The molecule has 0 atom stereocenters. The summed E-state index contributed by atoms with van der Waals surface area (Å²) in [5, 5.41) is 5.79. The summed E-state index contributed by atoms with van der Waals surface area (Å²) in [6.45, 7) is 0.673. The number of hydrogen-bond acceptors (Lipinski definition) is 3. The zero-order valence-corrected chi connectivity index (χ0v) is 12.7. The average molecular weight is 371 g/mol. The van der Waals surface area contributed by atoms with E-state index in [0.717, 1.165) is 15.0 Å². The van der Waals surface area contributed by atoms with Crippen LogP contribution in [-0.2, 0) is 4.79 Å². The van der Waals surface area contributed by atoms with E-state index < -0.39 is 0 Å². The maximum atomic E-state index is 11.5. The summed E-state index contributed by atoms with van der Waals surface area (Å²) < 4.78 is 6.10. The Bertz CT molecular complexity index is 374. The van der Waals surface area contributed by atoms with Gasteiger partial charge in [-0.15, -0.1) is 12.4 Å². The Hall–Kier alpha value is -0.530. The fourth-order valence-corrected chi connectivity index (χ4v) is 1.65. The summed E-state index contributed by atoms with van der Waals surface area (Å²) in [7, 11) is 3.43. The fourth-order valence-electron chi connectivity index (χ4n) is 1.18. The van der Waals surface area contributed by atoms with Crippen molar-refractivity contribution in [3.05, 3.63) is 21.8 Å². The molecule has 0 saturated heterocycles. The van der Waals surface area contributed by atoms with Crippen LogP contribution in [0.15, 0.2) is 18.2 Å². The van der Waals surface area contributed by atoms with Crippen molar-refractivity contribution in [3.63, 3.8) is 0 Å². The lowest BCUT2D eigenvalue weighted by Crippen LogP contribution is -2.19. The van der Waals surface area contributed by atoms with Crippen LogP contribution in [0.2, 0.25) is 0 Å². The lowest BCUT2D eigenvalue weighted by Gasteiger charge is -2.09. The maximum Gasteiger partial charge on any atom is 0.225 e. The molecule has 0 radical (unpaired) electrons. The quantitative estimate of drug-likeness (QED) is 0.782. The topological polar surface area (TPSA) is 50.4 Å². The summed E-state index contributed by atoms with van der Waals surface area (Å²) in [6, 6.07) is 5.59. The first kappa shape index (κ1) is 16.5. The smallest absolute Gasteiger partial charge is 0.225 e. The number of amides is 1. The summed E-state index contributed by atoms with van der Waals surface area (Å²) in [5.74, 6) is 0.741. The molecule has 0 unspecified atom stereocenters. The Kier molecular flexibility index (Phi) is 8.28. The van der Waals surface area contributed by atoms with E-state index in [4.69, 9.17) is 4.74 Å². The van der Waals surface area contributed by atoms with Gasteiger partial charge >= 0.3 is 0 Å². The van der Waals surface area contributed by atoms with Crippen molar-refractivity contribution in [2.75, 3.05) is 26.0 Å². The molecule has 0 bridgehead atoms. The molecule has 1 rings (SSSR count). The molecule has 2 N–H and O–H groups in total. The van der Waals surface area contributed by atoms with Gasteiger partial charge in [0.05, 0.1) is 12.8 Å². The Labute approximate surface area is 121 Å². The van der Waals surface area contributed by atoms with Gasteiger partial charge in [0, 0.05) is 22.6 Å². The number of anilines is 1. The van der Waals surface area contributed by atoms with Crippen molar-refractivity contribution in [3.8, 4) is 5.75 Å². The van der Waals surface area contributed by atoms with E-state index >= 15 is 0 Å². The third-order valence-electron chi connectivity index (χ3n) is 2.05. The molecular formula is C11H16ClIN2O2. The Morgan fingerprint density at radius 2 is 2.18 bits per heavy atom.